The van der Waals surface area contributed by atoms with E-state index in [4.69, 9.17) is 0 Å². The molecule has 0 spiro atoms. The molecule has 1 aliphatic heterocycles. The molecule has 0 fully saturated rings. The lowest BCUT2D eigenvalue weighted by molar-refractivity contribution is -0.121. The lowest BCUT2D eigenvalue weighted by Crippen LogP contribution is -2.31. The summed E-state index contributed by atoms with van der Waals surface area (Å²) in [7, 11) is 0. The van der Waals surface area contributed by atoms with Gasteiger partial charge in [0.1, 0.15) is 0 Å². The fourth-order valence-corrected chi connectivity index (χ4v) is 3.55. The van der Waals surface area contributed by atoms with Crippen molar-refractivity contribution in [1.82, 2.24) is 10.4 Å². The van der Waals surface area contributed by atoms with Crippen molar-refractivity contribution in [2.45, 2.75) is 39.0 Å². The maximum Gasteiger partial charge on any atom is 0.240 e. The van der Waals surface area contributed by atoms with Gasteiger partial charge in [-0.25, -0.2) is 5.43 Å². The SMILES string of the molecule is CC1CC(=O)NN=C1c1ccc2[nH]c(C3=CCCCC3)cc2c1. The highest BCUT2D eigenvalue weighted by Gasteiger charge is 2.22. The van der Waals surface area contributed by atoms with Crippen LogP contribution in [-0.2, 0) is 4.79 Å². The van der Waals surface area contributed by atoms with Crippen LogP contribution in [0, 0.1) is 5.92 Å². The number of allylic oxidation sites excluding steroid dienone is 2. The van der Waals surface area contributed by atoms with Gasteiger partial charge in [0.2, 0.25) is 5.91 Å². The predicted octanol–water partition coefficient (Wildman–Crippen LogP) is 3.99. The smallest absolute Gasteiger partial charge is 0.240 e. The van der Waals surface area contributed by atoms with Crippen LogP contribution in [0.15, 0.2) is 35.4 Å². The molecule has 1 amide bonds. The summed E-state index contributed by atoms with van der Waals surface area (Å²) >= 11 is 0. The van der Waals surface area contributed by atoms with Crippen LogP contribution >= 0.6 is 0 Å². The first-order valence-electron chi connectivity index (χ1n) is 8.40. The standard InChI is InChI=1S/C19H21N3O/c1-12-9-18(23)21-22-19(12)14-7-8-16-15(10-14)11-17(20-16)13-5-3-2-4-6-13/h5,7-8,10-12,20H,2-4,6,9H2,1H3,(H,21,23). The fourth-order valence-electron chi connectivity index (χ4n) is 3.55. The minimum Gasteiger partial charge on any atom is -0.355 e. The molecule has 0 radical (unpaired) electrons. The number of amides is 1. The van der Waals surface area contributed by atoms with E-state index in [-0.39, 0.29) is 11.8 Å². The van der Waals surface area contributed by atoms with Crippen molar-refractivity contribution in [1.29, 1.82) is 0 Å². The van der Waals surface area contributed by atoms with Crippen LogP contribution in [-0.4, -0.2) is 16.6 Å². The Morgan fingerprint density at radius 2 is 2.13 bits per heavy atom. The van der Waals surface area contributed by atoms with Gasteiger partial charge in [-0.15, -0.1) is 0 Å². The summed E-state index contributed by atoms with van der Waals surface area (Å²) in [6.07, 6.45) is 7.79. The van der Waals surface area contributed by atoms with Gasteiger partial charge >= 0.3 is 0 Å². The highest BCUT2D eigenvalue weighted by atomic mass is 16.2. The molecule has 0 saturated carbocycles. The van der Waals surface area contributed by atoms with E-state index in [1.165, 1.54) is 35.9 Å². The Morgan fingerprint density at radius 3 is 2.91 bits per heavy atom. The second kappa shape index (κ2) is 5.69. The van der Waals surface area contributed by atoms with Crippen molar-refractivity contribution in [3.8, 4) is 0 Å². The summed E-state index contributed by atoms with van der Waals surface area (Å²) in [6, 6.07) is 8.61. The number of carbonyl (C=O) groups excluding carboxylic acids is 1. The molecule has 4 rings (SSSR count). The molecule has 1 aromatic heterocycles. The number of rotatable bonds is 2. The highest BCUT2D eigenvalue weighted by molar-refractivity contribution is 6.07. The number of nitrogens with zero attached hydrogens (tertiary/aromatic N) is 1. The molecular formula is C19H21N3O. The minimum atomic E-state index is -0.00417. The number of aromatic nitrogens is 1. The third kappa shape index (κ3) is 2.69. The van der Waals surface area contributed by atoms with Crippen LogP contribution in [0.3, 0.4) is 0 Å². The van der Waals surface area contributed by atoms with E-state index in [0.29, 0.717) is 6.42 Å². The first kappa shape index (κ1) is 14.2. The Hall–Kier alpha value is -2.36. The van der Waals surface area contributed by atoms with Gasteiger partial charge < -0.3 is 4.98 Å². The molecule has 1 aliphatic carbocycles. The van der Waals surface area contributed by atoms with Crippen molar-refractivity contribution in [2.75, 3.05) is 0 Å². The number of H-pyrrole nitrogens is 1. The number of aromatic amines is 1. The zero-order valence-corrected chi connectivity index (χ0v) is 13.4. The quantitative estimate of drug-likeness (QED) is 0.866. The van der Waals surface area contributed by atoms with Crippen molar-refractivity contribution in [3.05, 3.63) is 41.6 Å². The van der Waals surface area contributed by atoms with Crippen LogP contribution in [0.25, 0.3) is 16.5 Å². The number of benzene rings is 1. The molecule has 4 heteroatoms. The summed E-state index contributed by atoms with van der Waals surface area (Å²) in [6.45, 7) is 2.05. The van der Waals surface area contributed by atoms with Gasteiger partial charge in [-0.3, -0.25) is 4.79 Å². The molecule has 1 atom stereocenters. The molecule has 118 valence electrons. The van der Waals surface area contributed by atoms with Gasteiger partial charge in [0.05, 0.1) is 5.71 Å². The van der Waals surface area contributed by atoms with E-state index in [2.05, 4.69) is 52.8 Å². The third-order valence-electron chi connectivity index (χ3n) is 4.81. The van der Waals surface area contributed by atoms with Gasteiger partial charge in [0, 0.05) is 28.9 Å². The first-order chi connectivity index (χ1) is 11.2. The molecule has 1 unspecified atom stereocenters. The highest BCUT2D eigenvalue weighted by Crippen LogP contribution is 2.29. The molecule has 2 aromatic rings. The Bertz CT molecular complexity index is 828. The second-order valence-electron chi connectivity index (χ2n) is 6.60. The second-order valence-corrected chi connectivity index (χ2v) is 6.60. The normalized spacial score (nSPS) is 21.8. The van der Waals surface area contributed by atoms with Crippen molar-refractivity contribution < 1.29 is 4.79 Å². The zero-order valence-electron chi connectivity index (χ0n) is 13.4. The Balaban J connectivity index is 1.71. The third-order valence-corrected chi connectivity index (χ3v) is 4.81. The topological polar surface area (TPSA) is 57.2 Å². The van der Waals surface area contributed by atoms with Gasteiger partial charge in [-0.2, -0.15) is 5.10 Å². The van der Waals surface area contributed by atoms with Gasteiger partial charge in [0.15, 0.2) is 0 Å². The Kier molecular flexibility index (Phi) is 3.52. The fraction of sp³-hybridized carbons (Fsp3) is 0.368. The van der Waals surface area contributed by atoms with Crippen molar-refractivity contribution in [2.24, 2.45) is 11.0 Å². The molecule has 4 nitrogen and oxygen atoms in total. The number of carbonyl (C=O) groups is 1. The zero-order chi connectivity index (χ0) is 15.8. The summed E-state index contributed by atoms with van der Waals surface area (Å²) in [5.41, 5.74) is 8.48. The van der Waals surface area contributed by atoms with Crippen LogP contribution in [0.4, 0.5) is 0 Å². The Labute approximate surface area is 135 Å². The molecule has 0 bridgehead atoms. The van der Waals surface area contributed by atoms with E-state index in [1.807, 2.05) is 0 Å². The van der Waals surface area contributed by atoms with E-state index in [9.17, 15) is 4.79 Å². The molecule has 23 heavy (non-hydrogen) atoms. The summed E-state index contributed by atoms with van der Waals surface area (Å²) in [5.74, 6) is 0.149. The molecular weight excluding hydrogens is 286 g/mol. The number of fused-ring (bicyclic) bond motifs is 1. The molecule has 0 saturated heterocycles. The number of hydrogen-bond acceptors (Lipinski definition) is 2. The van der Waals surface area contributed by atoms with Crippen molar-refractivity contribution >= 4 is 28.1 Å². The molecule has 1 aromatic carbocycles. The number of nitrogens with one attached hydrogen (secondary N) is 2. The lowest BCUT2D eigenvalue weighted by Gasteiger charge is -2.19. The lowest BCUT2D eigenvalue weighted by atomic mass is 9.93. The van der Waals surface area contributed by atoms with Gasteiger partial charge in [-0.05, 0) is 55.0 Å². The predicted molar refractivity (Wildman–Crippen MR) is 93.2 cm³/mol. The van der Waals surface area contributed by atoms with E-state index in [0.717, 1.165) is 23.2 Å². The number of hydrogen-bond donors (Lipinski definition) is 2. The van der Waals surface area contributed by atoms with E-state index >= 15 is 0 Å². The minimum absolute atomic E-state index is 0.00417. The summed E-state index contributed by atoms with van der Waals surface area (Å²) in [5, 5.41) is 5.47. The maximum atomic E-state index is 11.4. The van der Waals surface area contributed by atoms with Crippen LogP contribution in [0.5, 0.6) is 0 Å². The monoisotopic (exact) mass is 307 g/mol. The largest absolute Gasteiger partial charge is 0.355 e. The van der Waals surface area contributed by atoms with Gasteiger partial charge in [-0.1, -0.05) is 19.1 Å². The molecule has 2 heterocycles. The number of hydrazone groups is 1. The summed E-state index contributed by atoms with van der Waals surface area (Å²) < 4.78 is 0. The van der Waals surface area contributed by atoms with Crippen LogP contribution in [0.2, 0.25) is 0 Å². The van der Waals surface area contributed by atoms with Crippen molar-refractivity contribution in [3.63, 3.8) is 0 Å². The van der Waals surface area contributed by atoms with Crippen LogP contribution in [0.1, 0.15) is 50.3 Å². The average Bonchev–Trinajstić information content (AvgIpc) is 2.99. The van der Waals surface area contributed by atoms with E-state index in [1.54, 1.807) is 0 Å². The van der Waals surface area contributed by atoms with E-state index < -0.39 is 0 Å². The maximum absolute atomic E-state index is 11.4. The molecule has 2 aliphatic rings. The van der Waals surface area contributed by atoms with Gasteiger partial charge in [0.25, 0.3) is 0 Å². The average molecular weight is 307 g/mol. The Morgan fingerprint density at radius 1 is 1.22 bits per heavy atom. The first-order valence-corrected chi connectivity index (χ1v) is 8.40. The van der Waals surface area contributed by atoms with Crippen LogP contribution < -0.4 is 5.43 Å². The summed E-state index contributed by atoms with van der Waals surface area (Å²) in [4.78, 5) is 14.9. The molecule has 2 N–H and O–H groups in total.